The predicted molar refractivity (Wildman–Crippen MR) is 93.1 cm³/mol. The number of hydrogen-bond donors (Lipinski definition) is 1. The quantitative estimate of drug-likeness (QED) is 0.710. The summed E-state index contributed by atoms with van der Waals surface area (Å²) in [4.78, 5) is 2.84. The second-order valence-corrected chi connectivity index (χ2v) is 7.38. The first-order valence-electron chi connectivity index (χ1n) is 6.67. The molecule has 0 saturated heterocycles. The standard InChI is InChI=1S/C16H20INS/c1-4-9-18-15(13-5-7-14(17)8-6-13)16-11(2)10-12(3)19-16/h5-8,10,15,18H,4,9H2,1-3H3. The van der Waals surface area contributed by atoms with Crippen molar-refractivity contribution in [3.05, 3.63) is 54.8 Å². The van der Waals surface area contributed by atoms with E-state index in [4.69, 9.17) is 0 Å². The van der Waals surface area contributed by atoms with Gasteiger partial charge in [-0.1, -0.05) is 19.1 Å². The molecule has 1 unspecified atom stereocenters. The molecule has 0 bridgehead atoms. The van der Waals surface area contributed by atoms with Gasteiger partial charge in [0.25, 0.3) is 0 Å². The fourth-order valence-corrected chi connectivity index (χ4v) is 3.75. The van der Waals surface area contributed by atoms with Crippen LogP contribution in [-0.2, 0) is 0 Å². The van der Waals surface area contributed by atoms with Gasteiger partial charge in [0, 0.05) is 13.3 Å². The maximum absolute atomic E-state index is 3.68. The summed E-state index contributed by atoms with van der Waals surface area (Å²) in [6.45, 7) is 7.66. The van der Waals surface area contributed by atoms with Crippen LogP contribution in [0, 0.1) is 17.4 Å². The highest BCUT2D eigenvalue weighted by Gasteiger charge is 2.17. The molecule has 0 aliphatic rings. The molecule has 2 aromatic rings. The summed E-state index contributed by atoms with van der Waals surface area (Å²) >= 11 is 4.26. The van der Waals surface area contributed by atoms with Gasteiger partial charge in [-0.05, 0) is 78.7 Å². The summed E-state index contributed by atoms with van der Waals surface area (Å²) in [6.07, 6.45) is 1.16. The lowest BCUT2D eigenvalue weighted by Crippen LogP contribution is -2.22. The van der Waals surface area contributed by atoms with E-state index in [1.807, 2.05) is 11.3 Å². The summed E-state index contributed by atoms with van der Waals surface area (Å²) in [5, 5.41) is 3.68. The molecule has 0 saturated carbocycles. The molecule has 0 amide bonds. The van der Waals surface area contributed by atoms with Crippen molar-refractivity contribution in [2.45, 2.75) is 33.2 Å². The lowest BCUT2D eigenvalue weighted by molar-refractivity contribution is 0.604. The molecule has 0 fully saturated rings. The normalized spacial score (nSPS) is 12.6. The van der Waals surface area contributed by atoms with Crippen molar-refractivity contribution in [2.24, 2.45) is 0 Å². The van der Waals surface area contributed by atoms with Gasteiger partial charge in [-0.3, -0.25) is 0 Å². The topological polar surface area (TPSA) is 12.0 Å². The fraction of sp³-hybridized carbons (Fsp3) is 0.375. The Morgan fingerprint density at radius 3 is 2.42 bits per heavy atom. The van der Waals surface area contributed by atoms with E-state index in [1.165, 1.54) is 24.5 Å². The molecule has 0 spiro atoms. The van der Waals surface area contributed by atoms with Crippen molar-refractivity contribution in [3.63, 3.8) is 0 Å². The van der Waals surface area contributed by atoms with Crippen LogP contribution >= 0.6 is 33.9 Å². The van der Waals surface area contributed by atoms with Crippen LogP contribution in [0.1, 0.15) is 40.3 Å². The fourth-order valence-electron chi connectivity index (χ4n) is 2.25. The highest BCUT2D eigenvalue weighted by Crippen LogP contribution is 2.32. The van der Waals surface area contributed by atoms with Crippen molar-refractivity contribution >= 4 is 33.9 Å². The Kier molecular flexibility index (Phi) is 5.42. The van der Waals surface area contributed by atoms with Crippen molar-refractivity contribution in [2.75, 3.05) is 6.54 Å². The molecule has 1 atom stereocenters. The third-order valence-electron chi connectivity index (χ3n) is 3.14. The predicted octanol–water partition coefficient (Wildman–Crippen LogP) is 5.06. The molecule has 19 heavy (non-hydrogen) atoms. The Balaban J connectivity index is 2.35. The first-order valence-corrected chi connectivity index (χ1v) is 8.57. The summed E-state index contributed by atoms with van der Waals surface area (Å²) < 4.78 is 1.29. The van der Waals surface area contributed by atoms with Crippen molar-refractivity contribution in [1.29, 1.82) is 0 Å². The molecule has 2 rings (SSSR count). The van der Waals surface area contributed by atoms with Gasteiger partial charge in [0.05, 0.1) is 6.04 Å². The summed E-state index contributed by atoms with van der Waals surface area (Å²) in [5.74, 6) is 0. The molecule has 1 heterocycles. The van der Waals surface area contributed by atoms with Crippen LogP contribution in [0.2, 0.25) is 0 Å². The monoisotopic (exact) mass is 385 g/mol. The third-order valence-corrected chi connectivity index (χ3v) is 5.08. The van der Waals surface area contributed by atoms with E-state index in [0.717, 1.165) is 13.0 Å². The Labute approximate surface area is 133 Å². The summed E-state index contributed by atoms with van der Waals surface area (Å²) in [5.41, 5.74) is 2.76. The van der Waals surface area contributed by atoms with Gasteiger partial charge in [-0.2, -0.15) is 0 Å². The van der Waals surface area contributed by atoms with Crippen LogP contribution in [0.3, 0.4) is 0 Å². The van der Waals surface area contributed by atoms with E-state index < -0.39 is 0 Å². The zero-order chi connectivity index (χ0) is 13.8. The molecule has 1 N–H and O–H groups in total. The number of benzene rings is 1. The van der Waals surface area contributed by atoms with Crippen LogP contribution < -0.4 is 5.32 Å². The Morgan fingerprint density at radius 2 is 1.89 bits per heavy atom. The average Bonchev–Trinajstić information content (AvgIpc) is 2.71. The van der Waals surface area contributed by atoms with Crippen LogP contribution in [-0.4, -0.2) is 6.54 Å². The Bertz CT molecular complexity index is 530. The van der Waals surface area contributed by atoms with Crippen molar-refractivity contribution in [1.82, 2.24) is 5.32 Å². The van der Waals surface area contributed by atoms with Crippen LogP contribution in [0.5, 0.6) is 0 Å². The van der Waals surface area contributed by atoms with Gasteiger partial charge < -0.3 is 5.32 Å². The van der Waals surface area contributed by atoms with Gasteiger partial charge in [-0.25, -0.2) is 0 Å². The van der Waals surface area contributed by atoms with E-state index in [-0.39, 0.29) is 0 Å². The number of thiophene rings is 1. The van der Waals surface area contributed by atoms with Gasteiger partial charge in [-0.15, -0.1) is 11.3 Å². The molecular formula is C16H20INS. The SMILES string of the molecule is CCCNC(c1ccc(I)cc1)c1sc(C)cc1C. The molecule has 1 nitrogen and oxygen atoms in total. The molecule has 0 aliphatic carbocycles. The lowest BCUT2D eigenvalue weighted by Gasteiger charge is -2.19. The van der Waals surface area contributed by atoms with E-state index >= 15 is 0 Å². The molecule has 0 radical (unpaired) electrons. The first kappa shape index (κ1) is 15.0. The van der Waals surface area contributed by atoms with E-state index in [1.54, 1.807) is 0 Å². The second kappa shape index (κ2) is 6.86. The number of rotatable bonds is 5. The first-order chi connectivity index (χ1) is 9.11. The molecular weight excluding hydrogens is 365 g/mol. The molecule has 1 aromatic carbocycles. The van der Waals surface area contributed by atoms with Gasteiger partial charge >= 0.3 is 0 Å². The van der Waals surface area contributed by atoms with Crippen molar-refractivity contribution < 1.29 is 0 Å². The molecule has 3 heteroatoms. The maximum atomic E-state index is 3.68. The van der Waals surface area contributed by atoms with E-state index in [9.17, 15) is 0 Å². The van der Waals surface area contributed by atoms with E-state index in [2.05, 4.69) is 79.0 Å². The lowest BCUT2D eigenvalue weighted by atomic mass is 10.0. The number of halogens is 1. The number of aryl methyl sites for hydroxylation is 2. The average molecular weight is 385 g/mol. The highest BCUT2D eigenvalue weighted by atomic mass is 127. The highest BCUT2D eigenvalue weighted by molar-refractivity contribution is 14.1. The zero-order valence-electron chi connectivity index (χ0n) is 11.7. The second-order valence-electron chi connectivity index (χ2n) is 4.84. The molecule has 102 valence electrons. The smallest absolute Gasteiger partial charge is 0.0673 e. The Morgan fingerprint density at radius 1 is 1.21 bits per heavy atom. The van der Waals surface area contributed by atoms with Crippen LogP contribution in [0.25, 0.3) is 0 Å². The largest absolute Gasteiger partial charge is 0.306 e. The molecule has 0 aliphatic heterocycles. The minimum Gasteiger partial charge on any atom is -0.306 e. The van der Waals surface area contributed by atoms with Crippen LogP contribution in [0.15, 0.2) is 30.3 Å². The number of nitrogens with one attached hydrogen (secondary N) is 1. The third kappa shape index (κ3) is 3.80. The van der Waals surface area contributed by atoms with E-state index in [0.29, 0.717) is 6.04 Å². The maximum Gasteiger partial charge on any atom is 0.0673 e. The number of hydrogen-bond acceptors (Lipinski definition) is 2. The molecule has 1 aromatic heterocycles. The summed E-state index contributed by atoms with van der Waals surface area (Å²) in [7, 11) is 0. The van der Waals surface area contributed by atoms with Gasteiger partial charge in [0.1, 0.15) is 0 Å². The van der Waals surface area contributed by atoms with Gasteiger partial charge in [0.15, 0.2) is 0 Å². The zero-order valence-corrected chi connectivity index (χ0v) is 14.6. The Hall–Kier alpha value is -0.390. The summed E-state index contributed by atoms with van der Waals surface area (Å²) in [6, 6.07) is 11.5. The van der Waals surface area contributed by atoms with Gasteiger partial charge in [0.2, 0.25) is 0 Å². The van der Waals surface area contributed by atoms with Crippen LogP contribution in [0.4, 0.5) is 0 Å². The minimum absolute atomic E-state index is 0.329. The minimum atomic E-state index is 0.329. The van der Waals surface area contributed by atoms with Crippen molar-refractivity contribution in [3.8, 4) is 0 Å².